The van der Waals surface area contributed by atoms with Gasteiger partial charge in [-0.05, 0) is 29.3 Å². The van der Waals surface area contributed by atoms with Crippen molar-refractivity contribution < 1.29 is 9.18 Å². The zero-order valence-corrected chi connectivity index (χ0v) is 16.6. The summed E-state index contributed by atoms with van der Waals surface area (Å²) in [5.41, 5.74) is 2.66. The van der Waals surface area contributed by atoms with E-state index in [9.17, 15) is 9.18 Å². The quantitative estimate of drug-likeness (QED) is 0.549. The van der Waals surface area contributed by atoms with Crippen molar-refractivity contribution in [3.8, 4) is 0 Å². The van der Waals surface area contributed by atoms with Crippen molar-refractivity contribution in [3.63, 3.8) is 0 Å². The Hall–Kier alpha value is -2.89. The van der Waals surface area contributed by atoms with Gasteiger partial charge in [0, 0.05) is 43.6 Å². The lowest BCUT2D eigenvalue weighted by Gasteiger charge is -2.28. The molecule has 3 N–H and O–H groups in total. The van der Waals surface area contributed by atoms with E-state index < -0.39 is 0 Å². The fraction of sp³-hybridized carbons (Fsp3) is 0.364. The van der Waals surface area contributed by atoms with E-state index in [4.69, 9.17) is 0 Å². The van der Waals surface area contributed by atoms with Crippen LogP contribution in [0.3, 0.4) is 0 Å². The zero-order chi connectivity index (χ0) is 20.1. The first-order valence-electron chi connectivity index (χ1n) is 9.48. The Kier molecular flexibility index (Phi) is 5.97. The number of rotatable bonds is 5. The van der Waals surface area contributed by atoms with Crippen LogP contribution < -0.4 is 16.0 Å². The van der Waals surface area contributed by atoms with Gasteiger partial charge in [0.2, 0.25) is 5.91 Å². The molecule has 28 heavy (non-hydrogen) atoms. The van der Waals surface area contributed by atoms with Crippen LogP contribution in [0.25, 0.3) is 0 Å². The monoisotopic (exact) mass is 382 g/mol. The van der Waals surface area contributed by atoms with Crippen LogP contribution in [0, 0.1) is 5.82 Å². The SMILES string of the molecule is CN=C(NCC1CC(=O)Nc2ccccc21)NCC(C)(C)c1cccc(F)c1. The summed E-state index contributed by atoms with van der Waals surface area (Å²) in [6.45, 7) is 5.32. The second-order valence-electron chi connectivity index (χ2n) is 7.74. The van der Waals surface area contributed by atoms with Crippen LogP contribution >= 0.6 is 0 Å². The van der Waals surface area contributed by atoms with Gasteiger partial charge in [0.15, 0.2) is 5.96 Å². The molecule has 0 radical (unpaired) electrons. The van der Waals surface area contributed by atoms with Crippen molar-refractivity contribution >= 4 is 17.6 Å². The molecular formula is C22H27FN4O. The number of nitrogens with zero attached hydrogens (tertiary/aromatic N) is 1. The van der Waals surface area contributed by atoms with Gasteiger partial charge >= 0.3 is 0 Å². The number of aliphatic imine (C=N–C) groups is 1. The second kappa shape index (κ2) is 8.42. The van der Waals surface area contributed by atoms with Crippen LogP contribution in [0.1, 0.15) is 37.3 Å². The van der Waals surface area contributed by atoms with Crippen LogP contribution in [-0.2, 0) is 10.2 Å². The molecule has 1 amide bonds. The van der Waals surface area contributed by atoms with Gasteiger partial charge in [0.05, 0.1) is 0 Å². The predicted octanol–water partition coefficient (Wildman–Crippen LogP) is 3.39. The highest BCUT2D eigenvalue weighted by Gasteiger charge is 2.25. The third kappa shape index (κ3) is 4.68. The number of fused-ring (bicyclic) bond motifs is 1. The normalized spacial score (nSPS) is 16.9. The van der Waals surface area contributed by atoms with Gasteiger partial charge in [0.1, 0.15) is 5.82 Å². The highest BCUT2D eigenvalue weighted by molar-refractivity contribution is 5.94. The Morgan fingerprint density at radius 2 is 2.00 bits per heavy atom. The molecule has 0 saturated carbocycles. The Morgan fingerprint density at radius 3 is 2.75 bits per heavy atom. The summed E-state index contributed by atoms with van der Waals surface area (Å²) in [5.74, 6) is 0.538. The van der Waals surface area contributed by atoms with Crippen molar-refractivity contribution in [1.29, 1.82) is 0 Å². The van der Waals surface area contributed by atoms with Crippen LogP contribution in [-0.4, -0.2) is 32.0 Å². The molecule has 2 aromatic carbocycles. The first kappa shape index (κ1) is 19.9. The van der Waals surface area contributed by atoms with E-state index in [2.05, 4.69) is 34.8 Å². The number of anilines is 1. The van der Waals surface area contributed by atoms with Crippen molar-refractivity contribution in [2.45, 2.75) is 31.6 Å². The molecule has 1 aliphatic heterocycles. The Balaban J connectivity index is 1.60. The number of hydrogen-bond donors (Lipinski definition) is 3. The molecular weight excluding hydrogens is 355 g/mol. The number of amides is 1. The van der Waals surface area contributed by atoms with Gasteiger partial charge in [-0.2, -0.15) is 0 Å². The van der Waals surface area contributed by atoms with Gasteiger partial charge in [-0.3, -0.25) is 9.79 Å². The lowest BCUT2D eigenvalue weighted by atomic mass is 9.84. The summed E-state index contributed by atoms with van der Waals surface area (Å²) >= 11 is 0. The molecule has 6 heteroatoms. The van der Waals surface area contributed by atoms with E-state index in [1.165, 1.54) is 6.07 Å². The largest absolute Gasteiger partial charge is 0.356 e. The zero-order valence-electron chi connectivity index (χ0n) is 16.6. The maximum absolute atomic E-state index is 13.6. The first-order chi connectivity index (χ1) is 13.4. The molecule has 0 spiro atoms. The minimum atomic E-state index is -0.267. The molecule has 1 heterocycles. The summed E-state index contributed by atoms with van der Waals surface area (Å²) in [6.07, 6.45) is 0.440. The van der Waals surface area contributed by atoms with Gasteiger partial charge < -0.3 is 16.0 Å². The van der Waals surface area contributed by atoms with Crippen molar-refractivity contribution in [1.82, 2.24) is 10.6 Å². The van der Waals surface area contributed by atoms with Gasteiger partial charge in [-0.25, -0.2) is 4.39 Å². The fourth-order valence-electron chi connectivity index (χ4n) is 3.44. The summed E-state index contributed by atoms with van der Waals surface area (Å²) in [4.78, 5) is 16.3. The molecule has 148 valence electrons. The molecule has 0 saturated heterocycles. The lowest BCUT2D eigenvalue weighted by Crippen LogP contribution is -2.45. The third-order valence-electron chi connectivity index (χ3n) is 5.15. The van der Waals surface area contributed by atoms with Crippen molar-refractivity contribution in [3.05, 3.63) is 65.5 Å². The number of guanidine groups is 1. The smallest absolute Gasteiger partial charge is 0.225 e. The van der Waals surface area contributed by atoms with E-state index in [0.717, 1.165) is 16.8 Å². The van der Waals surface area contributed by atoms with E-state index in [1.54, 1.807) is 19.2 Å². The number of carbonyl (C=O) groups excluding carboxylic acids is 1. The molecule has 0 bridgehead atoms. The van der Waals surface area contributed by atoms with E-state index >= 15 is 0 Å². The molecule has 0 fully saturated rings. The highest BCUT2D eigenvalue weighted by atomic mass is 19.1. The molecule has 2 aromatic rings. The summed E-state index contributed by atoms with van der Waals surface area (Å²) in [5, 5.41) is 9.56. The summed E-state index contributed by atoms with van der Waals surface area (Å²) in [7, 11) is 1.71. The average molecular weight is 382 g/mol. The topological polar surface area (TPSA) is 65.5 Å². The minimum absolute atomic E-state index is 0.0284. The maximum Gasteiger partial charge on any atom is 0.225 e. The summed E-state index contributed by atoms with van der Waals surface area (Å²) < 4.78 is 13.6. The molecule has 5 nitrogen and oxygen atoms in total. The van der Waals surface area contributed by atoms with Gasteiger partial charge in [-0.15, -0.1) is 0 Å². The van der Waals surface area contributed by atoms with Gasteiger partial charge in [0.25, 0.3) is 0 Å². The number of hydrogen-bond acceptors (Lipinski definition) is 2. The molecule has 0 aliphatic carbocycles. The van der Waals surface area contributed by atoms with Crippen LogP contribution in [0.15, 0.2) is 53.5 Å². The van der Waals surface area contributed by atoms with Crippen LogP contribution in [0.5, 0.6) is 0 Å². The number of carbonyl (C=O) groups is 1. The average Bonchev–Trinajstić information content (AvgIpc) is 2.67. The first-order valence-corrected chi connectivity index (χ1v) is 9.48. The maximum atomic E-state index is 13.6. The number of benzene rings is 2. The fourth-order valence-corrected chi connectivity index (χ4v) is 3.44. The van der Waals surface area contributed by atoms with E-state index in [0.29, 0.717) is 25.5 Å². The molecule has 1 unspecified atom stereocenters. The molecule has 3 rings (SSSR count). The van der Waals surface area contributed by atoms with Crippen LogP contribution in [0.2, 0.25) is 0 Å². The Bertz CT molecular complexity index is 878. The Morgan fingerprint density at radius 1 is 1.21 bits per heavy atom. The van der Waals surface area contributed by atoms with Crippen molar-refractivity contribution in [2.75, 3.05) is 25.5 Å². The standard InChI is InChI=1S/C22H27FN4O/c1-22(2,16-7-6-8-17(23)12-16)14-26-21(24-3)25-13-15-11-20(28)27-19-10-5-4-9-18(15)19/h4-10,12,15H,11,13-14H2,1-3H3,(H,27,28)(H2,24,25,26). The summed E-state index contributed by atoms with van der Waals surface area (Å²) in [6, 6.07) is 14.5. The second-order valence-corrected chi connectivity index (χ2v) is 7.74. The molecule has 0 aromatic heterocycles. The van der Waals surface area contributed by atoms with Gasteiger partial charge in [-0.1, -0.05) is 44.2 Å². The highest BCUT2D eigenvalue weighted by Crippen LogP contribution is 2.31. The van der Waals surface area contributed by atoms with E-state index in [1.807, 2.05) is 30.3 Å². The number of nitrogens with one attached hydrogen (secondary N) is 3. The Labute approximate surface area is 165 Å². The minimum Gasteiger partial charge on any atom is -0.356 e. The lowest BCUT2D eigenvalue weighted by molar-refractivity contribution is -0.116. The molecule has 1 atom stereocenters. The van der Waals surface area contributed by atoms with Crippen molar-refractivity contribution in [2.24, 2.45) is 4.99 Å². The van der Waals surface area contributed by atoms with Crippen LogP contribution in [0.4, 0.5) is 10.1 Å². The number of halogens is 1. The third-order valence-corrected chi connectivity index (χ3v) is 5.15. The predicted molar refractivity (Wildman–Crippen MR) is 111 cm³/mol. The number of para-hydroxylation sites is 1. The van der Waals surface area contributed by atoms with E-state index in [-0.39, 0.29) is 23.1 Å². The molecule has 1 aliphatic rings.